The van der Waals surface area contributed by atoms with Crippen LogP contribution in [-0.4, -0.2) is 103 Å². The van der Waals surface area contributed by atoms with Crippen molar-refractivity contribution in [2.45, 2.75) is 122 Å². The fourth-order valence-electron chi connectivity index (χ4n) is 4.50. The Morgan fingerprint density at radius 2 is 0.370 bits per heavy atom. The molecule has 540 valence electrons. The van der Waals surface area contributed by atoms with Gasteiger partial charge in [0.15, 0.2) is 0 Å². The van der Waals surface area contributed by atoms with Gasteiger partial charge in [-0.25, -0.2) is 0 Å². The van der Waals surface area contributed by atoms with Gasteiger partial charge in [0.05, 0.1) is 0 Å². The van der Waals surface area contributed by atoms with Gasteiger partial charge in [-0.2, -0.15) is 184 Å². The van der Waals surface area contributed by atoms with Crippen LogP contribution in [-0.2, 0) is 103 Å². The molecule has 5 rings (SSSR count). The maximum atomic E-state index is 13.1. The zero-order valence-electron chi connectivity index (χ0n) is 41.6. The van der Waals surface area contributed by atoms with E-state index < -0.39 is 143 Å². The normalized spacial score (nSPS) is 14.0. The number of hydrogen-bond acceptors (Lipinski definition) is 6. The third-order valence-corrected chi connectivity index (χ3v) is 9.42. The second-order valence-corrected chi connectivity index (χ2v) is 16.1. The van der Waals surface area contributed by atoms with Crippen molar-refractivity contribution in [2.75, 3.05) is 0 Å². The monoisotopic (exact) mass is 1720 g/mol. The van der Waals surface area contributed by atoms with E-state index in [1.54, 1.807) is 30.6 Å². The largest absolute Gasteiger partial charge is 1.00 e. The molecule has 5 aromatic rings. The Kier molecular flexibility index (Phi) is 29.0. The van der Waals surface area contributed by atoms with Crippen LogP contribution in [0.3, 0.4) is 0 Å². The summed E-state index contributed by atoms with van der Waals surface area (Å²) < 4.78 is 522. The van der Waals surface area contributed by atoms with Crippen LogP contribution in [0.4, 0.5) is 184 Å². The standard InChI is InChI=1S/3C8F14N3.2C7H8.3Ag/c3*9-3(10,5(13,14)7(17,18)19)1-23-2(25-24-1)4(11,12)6(15,16)8(20,21)22;2*1-7-5-3-2-4-6-7;;;/h;;;2*2-6H,1H3;;;/q3*-1;;;3*+1. The molecule has 0 aliphatic rings. The summed E-state index contributed by atoms with van der Waals surface area (Å²) in [4.78, 5) is 4.59. The number of hydrogen-bond donors (Lipinski definition) is 0. The van der Waals surface area contributed by atoms with Gasteiger partial charge in [-0.05, 0) is 13.8 Å². The molecular formula is C38H16Ag3F42N9. The Morgan fingerprint density at radius 3 is 0.489 bits per heavy atom. The van der Waals surface area contributed by atoms with E-state index in [1.165, 1.54) is 26.1 Å². The summed E-state index contributed by atoms with van der Waals surface area (Å²) in [5.74, 6) is -99.4. The SMILES string of the molecule is Cc1ccccc1.Cc1ccccc1.FC(F)(F)C(F)(F)C(F)(F)c1n[n-]c(C(F)(F)C(F)(F)C(F)(F)F)n1.FC(F)(F)C(F)(F)C(F)(F)c1n[n-]c(C(F)(F)C(F)(F)C(F)(F)F)n1.FC(F)(F)C(F)(F)C(F)(F)c1n[n-]c(C(F)(F)C(F)(F)C(F)(F)F)n1.[Ag+].[Ag+].[Ag+]. The Morgan fingerprint density at radius 1 is 0.228 bits per heavy atom. The van der Waals surface area contributed by atoms with Crippen LogP contribution >= 0.6 is 0 Å². The van der Waals surface area contributed by atoms with E-state index in [0.717, 1.165) is 0 Å². The van der Waals surface area contributed by atoms with Gasteiger partial charge in [0, 0.05) is 17.5 Å². The summed E-state index contributed by atoms with van der Waals surface area (Å²) >= 11 is 0. The maximum Gasteiger partial charge on any atom is 1.00 e. The van der Waals surface area contributed by atoms with Gasteiger partial charge in [0.2, 0.25) is 0 Å². The number of aryl methyl sites for hydroxylation is 2. The van der Waals surface area contributed by atoms with E-state index in [-0.39, 0.29) is 67.1 Å². The van der Waals surface area contributed by atoms with Crippen LogP contribution in [0.2, 0.25) is 0 Å². The molecule has 0 unspecified atom stereocenters. The molecular weight excluding hydrogens is 1700 g/mol. The molecule has 92 heavy (non-hydrogen) atoms. The number of rotatable bonds is 12. The second kappa shape index (κ2) is 29.2. The van der Waals surface area contributed by atoms with Crippen molar-refractivity contribution >= 4 is 0 Å². The minimum absolute atomic E-state index is 0. The number of nitrogens with zero attached hydrogens (tertiary/aromatic N) is 9. The van der Waals surface area contributed by atoms with Crippen LogP contribution in [0.1, 0.15) is 46.1 Å². The predicted octanol–water partition coefficient (Wildman–Crippen LogP) is 16.0. The molecule has 0 fully saturated rings. The molecule has 9 nitrogen and oxygen atoms in total. The van der Waals surface area contributed by atoms with Crippen LogP contribution in [0.25, 0.3) is 0 Å². The summed E-state index contributed by atoms with van der Waals surface area (Å²) in [6.07, 6.45) is -41.8. The zero-order chi connectivity index (χ0) is 71.1. The number of alkyl halides is 42. The molecule has 54 heteroatoms. The molecule has 0 spiro atoms. The third kappa shape index (κ3) is 18.2. The Labute approximate surface area is 524 Å². The summed E-state index contributed by atoms with van der Waals surface area (Å²) in [5, 5.41) is 9.95. The van der Waals surface area contributed by atoms with Crippen molar-refractivity contribution in [3.63, 3.8) is 0 Å². The van der Waals surface area contributed by atoms with E-state index in [9.17, 15) is 184 Å². The van der Waals surface area contributed by atoms with E-state index in [1.807, 2.05) is 36.4 Å². The van der Waals surface area contributed by atoms with Crippen LogP contribution in [0.15, 0.2) is 60.7 Å². The molecule has 0 bridgehead atoms. The second-order valence-electron chi connectivity index (χ2n) is 16.1. The topological polar surface area (TPSA) is 120 Å². The average Bonchev–Trinajstić information content (AvgIpc) is 2.48. The fourth-order valence-corrected chi connectivity index (χ4v) is 4.50. The molecule has 0 radical (unpaired) electrons. The summed E-state index contributed by atoms with van der Waals surface area (Å²) in [5.41, 5.74) is 2.64. The molecule has 0 saturated heterocycles. The summed E-state index contributed by atoms with van der Waals surface area (Å²) in [7, 11) is 0. The minimum atomic E-state index is -6.96. The van der Waals surface area contributed by atoms with E-state index in [0.29, 0.717) is 0 Å². The molecule has 0 aliphatic carbocycles. The first kappa shape index (κ1) is 91.3. The molecule has 3 aromatic heterocycles. The van der Waals surface area contributed by atoms with Crippen molar-refractivity contribution in [3.8, 4) is 0 Å². The minimum Gasteiger partial charge on any atom is -0.416 e. The molecule has 3 heterocycles. The summed E-state index contributed by atoms with van der Waals surface area (Å²) in [6, 6.07) is 20.5. The van der Waals surface area contributed by atoms with Crippen LogP contribution < -0.4 is 15.3 Å². The molecule has 0 amide bonds. The van der Waals surface area contributed by atoms with Crippen molar-refractivity contribution in [3.05, 3.63) is 107 Å². The van der Waals surface area contributed by atoms with Crippen molar-refractivity contribution in [2.24, 2.45) is 0 Å². The first-order valence-electron chi connectivity index (χ1n) is 20.5. The number of aromatic nitrogens is 9. The molecule has 0 atom stereocenters. The van der Waals surface area contributed by atoms with Crippen LogP contribution in [0.5, 0.6) is 0 Å². The van der Waals surface area contributed by atoms with Crippen molar-refractivity contribution < 1.29 is 252 Å². The molecule has 0 saturated carbocycles. The third-order valence-electron chi connectivity index (χ3n) is 9.42. The number of halogens is 42. The van der Waals surface area contributed by atoms with Gasteiger partial charge in [-0.3, -0.25) is 15.3 Å². The average molecular weight is 1720 g/mol. The van der Waals surface area contributed by atoms with Gasteiger partial charge >= 0.3 is 175 Å². The predicted molar refractivity (Wildman–Crippen MR) is 198 cm³/mol. The van der Waals surface area contributed by atoms with E-state index >= 15 is 0 Å². The fraction of sp³-hybridized carbons (Fsp3) is 0.526. The van der Waals surface area contributed by atoms with Gasteiger partial charge < -0.3 is 30.2 Å². The Hall–Kier alpha value is -4.86. The first-order valence-corrected chi connectivity index (χ1v) is 20.5. The number of benzene rings is 2. The van der Waals surface area contributed by atoms with Gasteiger partial charge in [-0.1, -0.05) is 71.8 Å². The van der Waals surface area contributed by atoms with Gasteiger partial charge in [0.25, 0.3) is 0 Å². The molecule has 2 aromatic carbocycles. The first-order chi connectivity index (χ1) is 38.9. The Balaban J connectivity index is -0.00000114. The van der Waals surface area contributed by atoms with Crippen molar-refractivity contribution in [1.29, 1.82) is 0 Å². The maximum absolute atomic E-state index is 13.1. The van der Waals surface area contributed by atoms with Crippen molar-refractivity contribution in [1.82, 2.24) is 45.5 Å². The molecule has 0 aliphatic heterocycles. The van der Waals surface area contributed by atoms with Gasteiger partial charge in [0.1, 0.15) is 17.5 Å². The van der Waals surface area contributed by atoms with Gasteiger partial charge in [-0.15, -0.1) is 0 Å². The smallest absolute Gasteiger partial charge is 0.416 e. The Bertz CT molecular complexity index is 2590. The van der Waals surface area contributed by atoms with Crippen LogP contribution in [0, 0.1) is 13.8 Å². The zero-order valence-corrected chi connectivity index (χ0v) is 46.0. The summed E-state index contributed by atoms with van der Waals surface area (Å²) in [6.45, 7) is 4.17. The molecule has 0 N–H and O–H groups in total. The van der Waals surface area contributed by atoms with E-state index in [2.05, 4.69) is 38.1 Å². The quantitative estimate of drug-likeness (QED) is 0.0888. The van der Waals surface area contributed by atoms with E-state index in [4.69, 9.17) is 0 Å².